The Morgan fingerprint density at radius 3 is 0.809 bits per heavy atom. The van der Waals surface area contributed by atoms with Gasteiger partial charge in [-0.05, 0) is 225 Å². The molecule has 0 saturated heterocycles. The molecule has 0 amide bonds. The maximum absolute atomic E-state index is 3.37. The van der Waals surface area contributed by atoms with Crippen LogP contribution in [0.1, 0.15) is 283 Å². The van der Waals surface area contributed by atoms with Crippen molar-refractivity contribution < 1.29 is 0 Å². The summed E-state index contributed by atoms with van der Waals surface area (Å²) in [5.74, 6) is 12.0. The highest BCUT2D eigenvalue weighted by Gasteiger charge is 2.56. The second-order valence-corrected chi connectivity index (χ2v) is 27.7. The van der Waals surface area contributed by atoms with Gasteiger partial charge in [0.1, 0.15) is 0 Å². The summed E-state index contributed by atoms with van der Waals surface area (Å²) in [5, 5.41) is 0. The van der Waals surface area contributed by atoms with Gasteiger partial charge in [0.05, 0.1) is 0 Å². The van der Waals surface area contributed by atoms with Gasteiger partial charge in [0.15, 0.2) is 0 Å². The molecule has 8 unspecified atom stereocenters. The maximum atomic E-state index is 3.37. The average molecular weight is 932 g/mol. The predicted octanol–water partition coefficient (Wildman–Crippen LogP) is 18.6. The number of hydrogen-bond donors (Lipinski definition) is 0. The Kier molecular flexibility index (Phi) is 18.0. The van der Waals surface area contributed by atoms with E-state index in [1.807, 2.05) is 0 Å². The summed E-state index contributed by atoms with van der Waals surface area (Å²) in [5.41, 5.74) is 0. The normalized spacial score (nSPS) is 42.7. The monoisotopic (exact) mass is 931 g/mol. The molecule has 0 aromatic carbocycles. The Labute approximate surface area is 422 Å². The molecule has 0 aliphatic heterocycles. The van der Waals surface area contributed by atoms with Crippen LogP contribution in [0.4, 0.5) is 0 Å². The zero-order valence-electron chi connectivity index (χ0n) is 44.7. The second kappa shape index (κ2) is 24.6. The number of nitrogens with zero attached hydrogens (tertiary/aromatic N) is 2. The molecule has 0 heterocycles. The summed E-state index contributed by atoms with van der Waals surface area (Å²) < 4.78 is 0. The average Bonchev–Trinajstić information content (AvgIpc) is 3.41. The molecule has 68 heavy (non-hydrogen) atoms. The predicted molar refractivity (Wildman–Crippen MR) is 290 cm³/mol. The molecule has 8 atom stereocenters. The first-order valence-corrected chi connectivity index (χ1v) is 32.6. The maximum Gasteiger partial charge on any atom is 0.0104 e. The largest absolute Gasteiger partial charge is 0.294 e. The van der Waals surface area contributed by atoms with E-state index < -0.39 is 0 Å². The quantitative estimate of drug-likeness (QED) is 0.180. The SMILES string of the molecule is C(=C\C1CCC(N(C2CCCCC2)C2CCCC(C3C4CCCCC4C(C4CCCC(N(C5CCCCC5)C5CCC(/C=C/C6CCCCC6)CC5)C4)C4CCCCC43)C2)CC1)/C1CCCCC1. The van der Waals surface area contributed by atoms with Crippen molar-refractivity contribution >= 4 is 0 Å². The third-order valence-corrected chi connectivity index (χ3v) is 24.0. The van der Waals surface area contributed by atoms with Gasteiger partial charge in [0.25, 0.3) is 0 Å². The summed E-state index contributed by atoms with van der Waals surface area (Å²) >= 11 is 0. The minimum atomic E-state index is 0.870. The van der Waals surface area contributed by atoms with Gasteiger partial charge in [0, 0.05) is 36.3 Å². The van der Waals surface area contributed by atoms with E-state index in [-0.39, 0.29) is 0 Å². The van der Waals surface area contributed by atoms with Crippen molar-refractivity contribution in [3.63, 3.8) is 0 Å². The third-order valence-electron chi connectivity index (χ3n) is 24.0. The number of fused-ring (bicyclic) bond motifs is 2. The topological polar surface area (TPSA) is 6.48 Å². The Morgan fingerprint density at radius 2 is 0.471 bits per heavy atom. The van der Waals surface area contributed by atoms with Crippen molar-refractivity contribution in [1.82, 2.24) is 9.80 Å². The van der Waals surface area contributed by atoms with E-state index in [0.717, 1.165) is 107 Å². The van der Waals surface area contributed by atoms with E-state index in [2.05, 4.69) is 34.1 Å². The molecule has 2 nitrogen and oxygen atoms in total. The highest BCUT2D eigenvalue weighted by atomic mass is 15.2. The first-order valence-electron chi connectivity index (χ1n) is 32.6. The number of allylic oxidation sites excluding steroid dienone is 4. The van der Waals surface area contributed by atoms with Gasteiger partial charge in [-0.15, -0.1) is 0 Å². The minimum absolute atomic E-state index is 0.870. The van der Waals surface area contributed by atoms with Gasteiger partial charge in [0.2, 0.25) is 0 Å². The molecule has 0 radical (unpaired) electrons. The van der Waals surface area contributed by atoms with Crippen LogP contribution in [0.2, 0.25) is 0 Å². The van der Waals surface area contributed by atoms with Crippen LogP contribution in [0.5, 0.6) is 0 Å². The van der Waals surface area contributed by atoms with Gasteiger partial charge in [-0.2, -0.15) is 0 Å². The van der Waals surface area contributed by atoms with Crippen LogP contribution in [0.3, 0.4) is 0 Å². The molecule has 11 aliphatic rings. The smallest absolute Gasteiger partial charge is 0.0104 e. The second-order valence-electron chi connectivity index (χ2n) is 27.7. The molecule has 0 bridgehead atoms. The molecule has 11 rings (SSSR count). The molecule has 0 N–H and O–H groups in total. The van der Waals surface area contributed by atoms with Gasteiger partial charge in [-0.3, -0.25) is 9.80 Å². The zero-order chi connectivity index (χ0) is 45.5. The zero-order valence-corrected chi connectivity index (χ0v) is 44.7. The Hall–Kier alpha value is -0.600. The lowest BCUT2D eigenvalue weighted by molar-refractivity contribution is -0.123. The Balaban J connectivity index is 0.784. The van der Waals surface area contributed by atoms with Crippen LogP contribution in [0.25, 0.3) is 0 Å². The highest BCUT2D eigenvalue weighted by Crippen LogP contribution is 2.63. The van der Waals surface area contributed by atoms with Gasteiger partial charge >= 0.3 is 0 Å². The van der Waals surface area contributed by atoms with Crippen LogP contribution in [-0.2, 0) is 0 Å². The van der Waals surface area contributed by atoms with Gasteiger partial charge < -0.3 is 0 Å². The summed E-state index contributed by atoms with van der Waals surface area (Å²) in [6.45, 7) is 0. The standard InChI is InChI=1S/C66H110N2/c1-5-19-49(20-6-1)35-37-51-39-43-57(44-40-51)67(55-25-9-3-10-26-55)59-29-17-23-53(47-59)65-61-31-13-15-33-63(61)66(64-34-16-14-32-62(64)65)54-24-18-30-60(48-54)68(56-27-11-4-12-28-56)58-45-41-52(42-46-58)38-36-50-21-7-2-8-22-50/h35-38,49-66H,1-34,39-48H2/b37-35+,38-36+. The number of rotatable bonds is 12. The molecular weight excluding hydrogens is 821 g/mol. The lowest BCUT2D eigenvalue weighted by Crippen LogP contribution is -2.57. The summed E-state index contributed by atoms with van der Waals surface area (Å²) in [6, 6.07) is 5.35. The number of hydrogen-bond acceptors (Lipinski definition) is 2. The fourth-order valence-corrected chi connectivity index (χ4v) is 21.0. The lowest BCUT2D eigenvalue weighted by atomic mass is 9.45. The molecule has 0 aromatic rings. The fourth-order valence-electron chi connectivity index (χ4n) is 21.0. The van der Waals surface area contributed by atoms with Crippen molar-refractivity contribution in [2.24, 2.45) is 71.0 Å². The Bertz CT molecular complexity index is 1380. The molecule has 11 fully saturated rings. The van der Waals surface area contributed by atoms with Crippen LogP contribution < -0.4 is 0 Å². The van der Waals surface area contributed by atoms with Crippen LogP contribution >= 0.6 is 0 Å². The summed E-state index contributed by atoms with van der Waals surface area (Å²) in [7, 11) is 0. The van der Waals surface area contributed by atoms with E-state index in [0.29, 0.717) is 0 Å². The molecule has 2 heteroatoms. The van der Waals surface area contributed by atoms with Crippen molar-refractivity contribution in [2.45, 2.75) is 319 Å². The first kappa shape index (κ1) is 49.6. The summed E-state index contributed by atoms with van der Waals surface area (Å²) in [4.78, 5) is 6.74. The lowest BCUT2D eigenvalue weighted by Gasteiger charge is -2.61. The van der Waals surface area contributed by atoms with E-state index in [4.69, 9.17) is 0 Å². The van der Waals surface area contributed by atoms with Gasteiger partial charge in [-0.25, -0.2) is 0 Å². The van der Waals surface area contributed by atoms with Gasteiger partial charge in [-0.1, -0.05) is 153 Å². The highest BCUT2D eigenvalue weighted by molar-refractivity contribution is 5.07. The molecule has 11 saturated carbocycles. The van der Waals surface area contributed by atoms with E-state index >= 15 is 0 Å². The van der Waals surface area contributed by atoms with E-state index in [1.54, 1.807) is 89.9 Å². The van der Waals surface area contributed by atoms with Crippen molar-refractivity contribution in [3.8, 4) is 0 Å². The van der Waals surface area contributed by atoms with Crippen molar-refractivity contribution in [3.05, 3.63) is 24.3 Å². The molecule has 384 valence electrons. The van der Waals surface area contributed by atoms with Crippen LogP contribution in [-0.4, -0.2) is 46.1 Å². The van der Waals surface area contributed by atoms with Crippen LogP contribution in [0.15, 0.2) is 24.3 Å². The molecular formula is C66H110N2. The van der Waals surface area contributed by atoms with E-state index in [9.17, 15) is 0 Å². The molecule has 11 aliphatic carbocycles. The van der Waals surface area contributed by atoms with Crippen molar-refractivity contribution in [2.75, 3.05) is 0 Å². The molecule has 0 spiro atoms. The summed E-state index contributed by atoms with van der Waals surface area (Å²) in [6.07, 6.45) is 77.9. The Morgan fingerprint density at radius 1 is 0.206 bits per heavy atom. The minimum Gasteiger partial charge on any atom is -0.294 e. The third kappa shape index (κ3) is 11.8. The van der Waals surface area contributed by atoms with E-state index in [1.165, 1.54) is 193 Å². The fraction of sp³-hybridized carbons (Fsp3) is 0.939. The van der Waals surface area contributed by atoms with Crippen molar-refractivity contribution in [1.29, 1.82) is 0 Å². The first-order chi connectivity index (χ1) is 33.7. The van der Waals surface area contributed by atoms with Crippen LogP contribution in [0, 0.1) is 71.0 Å². The molecule has 0 aromatic heterocycles.